The van der Waals surface area contributed by atoms with E-state index >= 15 is 0 Å². The van der Waals surface area contributed by atoms with Gasteiger partial charge in [-0.2, -0.15) is 0 Å². The lowest BCUT2D eigenvalue weighted by atomic mass is 9.98. The third kappa shape index (κ3) is 2.25. The summed E-state index contributed by atoms with van der Waals surface area (Å²) in [6, 6.07) is 11.0. The summed E-state index contributed by atoms with van der Waals surface area (Å²) in [6.07, 6.45) is 0. The molecule has 0 spiro atoms. The summed E-state index contributed by atoms with van der Waals surface area (Å²) >= 11 is 1.01. The molecule has 104 valence electrons. The predicted molar refractivity (Wildman–Crippen MR) is 79.3 cm³/mol. The predicted octanol–water partition coefficient (Wildman–Crippen LogP) is 2.52. The van der Waals surface area contributed by atoms with Gasteiger partial charge in [0, 0.05) is 11.1 Å². The number of aromatic amines is 1. The Hall–Kier alpha value is -2.73. The van der Waals surface area contributed by atoms with Crippen LogP contribution in [0.3, 0.4) is 0 Å². The highest BCUT2D eigenvalue weighted by Gasteiger charge is 2.19. The van der Waals surface area contributed by atoms with Gasteiger partial charge < -0.3 is 10.1 Å². The Morgan fingerprint density at radius 2 is 1.62 bits per heavy atom. The topological polar surface area (TPSA) is 87.2 Å². The van der Waals surface area contributed by atoms with Crippen molar-refractivity contribution in [2.45, 2.75) is 0 Å². The van der Waals surface area contributed by atoms with E-state index < -0.39 is 11.8 Å². The van der Waals surface area contributed by atoms with Gasteiger partial charge in [-0.25, -0.2) is 4.79 Å². The lowest BCUT2D eigenvalue weighted by molar-refractivity contribution is 0.0693. The van der Waals surface area contributed by atoms with Crippen molar-refractivity contribution < 1.29 is 14.7 Å². The molecule has 0 radical (unpaired) electrons. The molecule has 5 nitrogen and oxygen atoms in total. The van der Waals surface area contributed by atoms with E-state index in [1.807, 2.05) is 0 Å². The first-order valence-corrected chi connectivity index (χ1v) is 6.88. The van der Waals surface area contributed by atoms with E-state index in [1.165, 1.54) is 12.1 Å². The first-order valence-electron chi connectivity index (χ1n) is 6.07. The molecule has 0 saturated heterocycles. The van der Waals surface area contributed by atoms with Crippen LogP contribution in [0.1, 0.15) is 26.3 Å². The molecule has 0 aliphatic rings. The Morgan fingerprint density at radius 3 is 2.33 bits per heavy atom. The first-order chi connectivity index (χ1) is 10.1. The van der Waals surface area contributed by atoms with Gasteiger partial charge >= 0.3 is 10.8 Å². The molecule has 2 N–H and O–H groups in total. The average Bonchev–Trinajstić information content (AvgIpc) is 2.86. The second-order valence-electron chi connectivity index (χ2n) is 4.37. The molecular weight excluding hydrogens is 290 g/mol. The Labute approximate surface area is 122 Å². The lowest BCUT2D eigenvalue weighted by Gasteiger charge is -2.06. The number of benzene rings is 2. The van der Waals surface area contributed by atoms with Crippen LogP contribution in [0.2, 0.25) is 0 Å². The zero-order valence-corrected chi connectivity index (χ0v) is 11.4. The fourth-order valence-corrected chi connectivity index (χ4v) is 2.94. The van der Waals surface area contributed by atoms with Crippen molar-refractivity contribution in [1.29, 1.82) is 0 Å². The van der Waals surface area contributed by atoms with E-state index in [1.54, 1.807) is 30.3 Å². The summed E-state index contributed by atoms with van der Waals surface area (Å²) in [7, 11) is 0. The fourth-order valence-electron chi connectivity index (χ4n) is 2.17. The standard InChI is InChI=1S/C15H9NO4S/c17-13(8-4-1-2-5-9(8)14(18)19)10-6-3-7-11-12(10)16-15(20)21-11/h1-7H,(H,16,20)(H,18,19). The van der Waals surface area contributed by atoms with Crippen molar-refractivity contribution in [2.24, 2.45) is 0 Å². The molecule has 0 saturated carbocycles. The number of carbonyl (C=O) groups is 2. The number of para-hydroxylation sites is 1. The molecule has 0 amide bonds. The molecule has 1 heterocycles. The smallest absolute Gasteiger partial charge is 0.336 e. The molecule has 0 aliphatic heterocycles. The number of carboxylic acids is 1. The van der Waals surface area contributed by atoms with E-state index in [9.17, 15) is 19.5 Å². The molecule has 21 heavy (non-hydrogen) atoms. The van der Waals surface area contributed by atoms with Gasteiger partial charge in [0.2, 0.25) is 0 Å². The number of rotatable bonds is 3. The van der Waals surface area contributed by atoms with E-state index in [0.717, 1.165) is 11.3 Å². The molecule has 6 heteroatoms. The minimum Gasteiger partial charge on any atom is -0.478 e. The minimum absolute atomic E-state index is 0.0583. The maximum atomic E-state index is 12.6. The van der Waals surface area contributed by atoms with Crippen molar-refractivity contribution in [3.8, 4) is 0 Å². The van der Waals surface area contributed by atoms with Crippen LogP contribution < -0.4 is 4.87 Å². The van der Waals surface area contributed by atoms with Crippen molar-refractivity contribution in [3.05, 3.63) is 68.8 Å². The lowest BCUT2D eigenvalue weighted by Crippen LogP contribution is -2.10. The van der Waals surface area contributed by atoms with Crippen LogP contribution in [0.4, 0.5) is 0 Å². The number of ketones is 1. The number of aromatic nitrogens is 1. The van der Waals surface area contributed by atoms with Crippen LogP contribution in [-0.2, 0) is 0 Å². The molecule has 3 aromatic rings. The van der Waals surface area contributed by atoms with Crippen LogP contribution in [0.25, 0.3) is 10.2 Å². The van der Waals surface area contributed by atoms with Gasteiger partial charge in [0.15, 0.2) is 5.78 Å². The summed E-state index contributed by atoms with van der Waals surface area (Å²) in [5.74, 6) is -1.59. The Morgan fingerprint density at radius 1 is 0.952 bits per heavy atom. The summed E-state index contributed by atoms with van der Waals surface area (Å²) in [6.45, 7) is 0. The van der Waals surface area contributed by atoms with Gasteiger partial charge in [-0.15, -0.1) is 0 Å². The maximum Gasteiger partial charge on any atom is 0.336 e. The molecule has 0 aliphatic carbocycles. The number of H-pyrrole nitrogens is 1. The Bertz CT molecular complexity index is 923. The summed E-state index contributed by atoms with van der Waals surface area (Å²) in [4.78, 5) is 37.6. The van der Waals surface area contributed by atoms with Crippen LogP contribution in [0, 0.1) is 0 Å². The SMILES string of the molecule is O=C(O)c1ccccc1C(=O)c1cccc2sc(=O)[nH]c12. The van der Waals surface area contributed by atoms with Crippen LogP contribution in [0.15, 0.2) is 47.3 Å². The number of nitrogens with one attached hydrogen (secondary N) is 1. The highest BCUT2D eigenvalue weighted by atomic mass is 32.1. The highest BCUT2D eigenvalue weighted by Crippen LogP contribution is 2.22. The molecule has 2 aromatic carbocycles. The fraction of sp³-hybridized carbons (Fsp3) is 0. The average molecular weight is 299 g/mol. The first kappa shape index (κ1) is 13.3. The second kappa shape index (κ2) is 4.99. The number of hydrogen-bond acceptors (Lipinski definition) is 4. The molecule has 3 rings (SSSR count). The Kier molecular flexibility index (Phi) is 3.15. The molecule has 1 aromatic heterocycles. The molecule has 0 atom stereocenters. The maximum absolute atomic E-state index is 12.6. The molecule has 0 unspecified atom stereocenters. The van der Waals surface area contributed by atoms with Crippen molar-refractivity contribution in [1.82, 2.24) is 4.98 Å². The van der Waals surface area contributed by atoms with Gasteiger partial charge in [0.25, 0.3) is 0 Å². The largest absolute Gasteiger partial charge is 0.478 e. The Balaban J connectivity index is 2.22. The van der Waals surface area contributed by atoms with Gasteiger partial charge in [-0.3, -0.25) is 9.59 Å². The number of fused-ring (bicyclic) bond motifs is 1. The van der Waals surface area contributed by atoms with Gasteiger partial charge in [-0.1, -0.05) is 35.6 Å². The van der Waals surface area contributed by atoms with Crippen molar-refractivity contribution in [3.63, 3.8) is 0 Å². The zero-order chi connectivity index (χ0) is 15.0. The van der Waals surface area contributed by atoms with Crippen molar-refractivity contribution in [2.75, 3.05) is 0 Å². The summed E-state index contributed by atoms with van der Waals surface area (Å²) in [5, 5.41) is 9.17. The van der Waals surface area contributed by atoms with E-state index in [-0.39, 0.29) is 16.0 Å². The van der Waals surface area contributed by atoms with Gasteiger partial charge in [0.05, 0.1) is 15.8 Å². The summed E-state index contributed by atoms with van der Waals surface area (Å²) in [5.41, 5.74) is 0.777. The molecule has 0 bridgehead atoms. The quantitative estimate of drug-likeness (QED) is 0.727. The van der Waals surface area contributed by atoms with Gasteiger partial charge in [0.1, 0.15) is 0 Å². The van der Waals surface area contributed by atoms with E-state index in [2.05, 4.69) is 4.98 Å². The number of thiazole rings is 1. The number of aromatic carboxylic acids is 1. The van der Waals surface area contributed by atoms with Crippen molar-refractivity contribution >= 4 is 33.3 Å². The van der Waals surface area contributed by atoms with Crippen LogP contribution >= 0.6 is 11.3 Å². The number of hydrogen-bond donors (Lipinski definition) is 2. The van der Waals surface area contributed by atoms with Gasteiger partial charge in [-0.05, 0) is 18.2 Å². The minimum atomic E-state index is -1.16. The molecular formula is C15H9NO4S. The van der Waals surface area contributed by atoms with E-state index in [4.69, 9.17) is 0 Å². The van der Waals surface area contributed by atoms with Crippen LogP contribution in [0.5, 0.6) is 0 Å². The third-order valence-electron chi connectivity index (χ3n) is 3.10. The zero-order valence-electron chi connectivity index (χ0n) is 10.6. The van der Waals surface area contributed by atoms with Crippen LogP contribution in [-0.4, -0.2) is 21.8 Å². The van der Waals surface area contributed by atoms with E-state index in [0.29, 0.717) is 15.8 Å². The number of carbonyl (C=O) groups excluding carboxylic acids is 1. The third-order valence-corrected chi connectivity index (χ3v) is 3.95. The second-order valence-corrected chi connectivity index (χ2v) is 5.39. The molecule has 0 fully saturated rings. The highest BCUT2D eigenvalue weighted by molar-refractivity contribution is 7.16. The number of carboxylic acid groups (broad SMARTS) is 1. The normalized spacial score (nSPS) is 10.7. The monoisotopic (exact) mass is 299 g/mol. The summed E-state index contributed by atoms with van der Waals surface area (Å²) < 4.78 is 0.665.